The van der Waals surface area contributed by atoms with Gasteiger partial charge in [-0.1, -0.05) is 72.3 Å². The van der Waals surface area contributed by atoms with Gasteiger partial charge in [-0.2, -0.15) is 0 Å². The van der Waals surface area contributed by atoms with Crippen molar-refractivity contribution in [2.45, 2.75) is 38.5 Å². The molecule has 0 amide bonds. The molecule has 0 saturated heterocycles. The maximum absolute atomic E-state index is 12.6. The fourth-order valence-electron chi connectivity index (χ4n) is 3.27. The lowest BCUT2D eigenvalue weighted by molar-refractivity contribution is 0.0952. The topological polar surface area (TPSA) is 17.1 Å². The first-order valence-corrected chi connectivity index (χ1v) is 8.25. The highest BCUT2D eigenvalue weighted by Gasteiger charge is 2.19. The summed E-state index contributed by atoms with van der Waals surface area (Å²) in [4.78, 5) is 12.6. The van der Waals surface area contributed by atoms with Gasteiger partial charge in [0.25, 0.3) is 0 Å². The van der Waals surface area contributed by atoms with Crippen LogP contribution in [0.25, 0.3) is 10.8 Å². The van der Waals surface area contributed by atoms with Crippen molar-refractivity contribution in [3.63, 3.8) is 0 Å². The second kappa shape index (κ2) is 6.09. The molecule has 2 heteroatoms. The molecule has 3 rings (SSSR count). The summed E-state index contributed by atoms with van der Waals surface area (Å²) in [6.45, 7) is 0. The summed E-state index contributed by atoms with van der Waals surface area (Å²) in [6, 6.07) is 12.1. The van der Waals surface area contributed by atoms with Crippen molar-refractivity contribution in [2.24, 2.45) is 5.92 Å². The molecule has 0 N–H and O–H groups in total. The third kappa shape index (κ3) is 2.80. The van der Waals surface area contributed by atoms with E-state index >= 15 is 0 Å². The Bertz CT molecular complexity index is 626. The van der Waals surface area contributed by atoms with E-state index in [9.17, 15) is 4.79 Å². The average Bonchev–Trinajstić information content (AvgIpc) is 2.49. The van der Waals surface area contributed by atoms with Crippen molar-refractivity contribution in [1.82, 2.24) is 0 Å². The number of rotatable bonds is 3. The maximum Gasteiger partial charge on any atom is 0.163 e. The van der Waals surface area contributed by atoms with E-state index in [0.717, 1.165) is 20.8 Å². The van der Waals surface area contributed by atoms with E-state index in [1.165, 1.54) is 32.1 Å². The number of Topliss-reactive ketones (excluding diaryl/α,β-unsaturated/α-hetero) is 1. The fourth-order valence-corrected chi connectivity index (χ4v) is 3.75. The highest BCUT2D eigenvalue weighted by Crippen LogP contribution is 2.31. The standard InChI is InChI=1S/C18H19BrO/c19-17-11-10-16(14-8-4-5-9-15(14)17)18(20)12-13-6-2-1-3-7-13/h4-5,8-11,13H,1-3,6-7,12H2. The predicted molar refractivity (Wildman–Crippen MR) is 87.2 cm³/mol. The van der Waals surface area contributed by atoms with E-state index in [4.69, 9.17) is 0 Å². The maximum atomic E-state index is 12.6. The van der Waals surface area contributed by atoms with Crippen LogP contribution in [-0.4, -0.2) is 5.78 Å². The number of benzene rings is 2. The molecule has 1 nitrogen and oxygen atoms in total. The van der Waals surface area contributed by atoms with E-state index in [1.807, 2.05) is 30.3 Å². The fraction of sp³-hybridized carbons (Fsp3) is 0.389. The molecule has 2 aromatic carbocycles. The van der Waals surface area contributed by atoms with Crippen LogP contribution in [-0.2, 0) is 0 Å². The van der Waals surface area contributed by atoms with Crippen LogP contribution < -0.4 is 0 Å². The number of carbonyl (C=O) groups is 1. The largest absolute Gasteiger partial charge is 0.294 e. The predicted octanol–water partition coefficient (Wildman–Crippen LogP) is 5.76. The van der Waals surface area contributed by atoms with Crippen LogP contribution >= 0.6 is 15.9 Å². The molecule has 0 unspecified atom stereocenters. The average molecular weight is 331 g/mol. The van der Waals surface area contributed by atoms with Crippen LogP contribution in [0.1, 0.15) is 48.9 Å². The molecule has 1 fully saturated rings. The Labute approximate surface area is 128 Å². The summed E-state index contributed by atoms with van der Waals surface area (Å²) < 4.78 is 1.06. The number of hydrogen-bond donors (Lipinski definition) is 0. The quantitative estimate of drug-likeness (QED) is 0.654. The molecule has 1 aliphatic carbocycles. The van der Waals surface area contributed by atoms with E-state index in [1.54, 1.807) is 0 Å². The van der Waals surface area contributed by atoms with Crippen LogP contribution in [0.5, 0.6) is 0 Å². The summed E-state index contributed by atoms with van der Waals surface area (Å²) in [7, 11) is 0. The normalized spacial score (nSPS) is 16.4. The van der Waals surface area contributed by atoms with Crippen LogP contribution in [0.2, 0.25) is 0 Å². The molecule has 1 aliphatic rings. The summed E-state index contributed by atoms with van der Waals surface area (Å²) in [5.41, 5.74) is 0.884. The van der Waals surface area contributed by atoms with E-state index in [-0.39, 0.29) is 0 Å². The molecule has 0 spiro atoms. The monoisotopic (exact) mass is 330 g/mol. The molecule has 0 radical (unpaired) electrons. The first-order valence-electron chi connectivity index (χ1n) is 7.46. The van der Waals surface area contributed by atoms with Crippen LogP contribution in [0.3, 0.4) is 0 Å². The summed E-state index contributed by atoms with van der Waals surface area (Å²) in [5, 5.41) is 2.20. The van der Waals surface area contributed by atoms with Crippen LogP contribution in [0.4, 0.5) is 0 Å². The third-order valence-corrected chi connectivity index (χ3v) is 5.06. The van der Waals surface area contributed by atoms with Gasteiger partial charge in [0.2, 0.25) is 0 Å². The number of hydrogen-bond acceptors (Lipinski definition) is 1. The Kier molecular flexibility index (Phi) is 4.21. The van der Waals surface area contributed by atoms with Gasteiger partial charge in [-0.3, -0.25) is 4.79 Å². The minimum absolute atomic E-state index is 0.306. The van der Waals surface area contributed by atoms with Gasteiger partial charge in [0, 0.05) is 16.5 Å². The summed E-state index contributed by atoms with van der Waals surface area (Å²) in [5.74, 6) is 0.902. The Hall–Kier alpha value is -1.15. The minimum Gasteiger partial charge on any atom is -0.294 e. The van der Waals surface area contributed by atoms with Crippen molar-refractivity contribution in [3.8, 4) is 0 Å². The van der Waals surface area contributed by atoms with Crippen molar-refractivity contribution < 1.29 is 4.79 Å². The summed E-state index contributed by atoms with van der Waals surface area (Å²) >= 11 is 3.57. The Morgan fingerprint density at radius 1 is 1.00 bits per heavy atom. The van der Waals surface area contributed by atoms with Crippen molar-refractivity contribution >= 4 is 32.5 Å². The van der Waals surface area contributed by atoms with Gasteiger partial charge in [-0.05, 0) is 28.8 Å². The van der Waals surface area contributed by atoms with Crippen molar-refractivity contribution in [2.75, 3.05) is 0 Å². The van der Waals surface area contributed by atoms with Gasteiger partial charge in [-0.25, -0.2) is 0 Å². The molecular formula is C18H19BrO. The Morgan fingerprint density at radius 3 is 2.45 bits per heavy atom. The second-order valence-corrected chi connectivity index (χ2v) is 6.63. The molecule has 104 valence electrons. The second-order valence-electron chi connectivity index (χ2n) is 5.77. The molecule has 0 atom stereocenters. The zero-order valence-corrected chi connectivity index (χ0v) is 13.2. The third-order valence-electron chi connectivity index (χ3n) is 4.37. The molecule has 1 saturated carbocycles. The first kappa shape index (κ1) is 13.8. The number of ketones is 1. The van der Waals surface area contributed by atoms with Gasteiger partial charge >= 0.3 is 0 Å². The molecule has 0 aliphatic heterocycles. The minimum atomic E-state index is 0.306. The first-order chi connectivity index (χ1) is 9.75. The Balaban J connectivity index is 1.89. The molecule has 2 aromatic rings. The van der Waals surface area contributed by atoms with Gasteiger partial charge < -0.3 is 0 Å². The van der Waals surface area contributed by atoms with Gasteiger partial charge in [0.1, 0.15) is 0 Å². The summed E-state index contributed by atoms with van der Waals surface area (Å²) in [6.07, 6.45) is 7.08. The van der Waals surface area contributed by atoms with Gasteiger partial charge in [0.15, 0.2) is 5.78 Å². The molecule has 0 bridgehead atoms. The van der Waals surface area contributed by atoms with E-state index in [2.05, 4.69) is 22.0 Å². The number of halogens is 1. The molecule has 0 heterocycles. The highest BCUT2D eigenvalue weighted by molar-refractivity contribution is 9.10. The highest BCUT2D eigenvalue weighted by atomic mass is 79.9. The molecule has 20 heavy (non-hydrogen) atoms. The van der Waals surface area contributed by atoms with Gasteiger partial charge in [-0.15, -0.1) is 0 Å². The van der Waals surface area contributed by atoms with Crippen molar-refractivity contribution in [3.05, 3.63) is 46.4 Å². The molecular weight excluding hydrogens is 312 g/mol. The lowest BCUT2D eigenvalue weighted by atomic mass is 9.84. The lowest BCUT2D eigenvalue weighted by Gasteiger charge is -2.21. The Morgan fingerprint density at radius 2 is 1.70 bits per heavy atom. The van der Waals surface area contributed by atoms with E-state index in [0.29, 0.717) is 18.1 Å². The zero-order valence-electron chi connectivity index (χ0n) is 11.6. The SMILES string of the molecule is O=C(CC1CCCCC1)c1ccc(Br)c2ccccc12. The van der Waals surface area contributed by atoms with Gasteiger partial charge in [0.05, 0.1) is 0 Å². The number of fused-ring (bicyclic) bond motifs is 1. The zero-order chi connectivity index (χ0) is 13.9. The number of carbonyl (C=O) groups excluding carboxylic acids is 1. The van der Waals surface area contributed by atoms with Crippen molar-refractivity contribution in [1.29, 1.82) is 0 Å². The smallest absolute Gasteiger partial charge is 0.163 e. The molecule has 0 aromatic heterocycles. The van der Waals surface area contributed by atoms with Crippen LogP contribution in [0, 0.1) is 5.92 Å². The van der Waals surface area contributed by atoms with E-state index < -0.39 is 0 Å². The van der Waals surface area contributed by atoms with Crippen LogP contribution in [0.15, 0.2) is 40.9 Å². The lowest BCUT2D eigenvalue weighted by Crippen LogP contribution is -2.12.